The monoisotopic (exact) mass is 286 g/mol. The number of rotatable bonds is 6. The summed E-state index contributed by atoms with van der Waals surface area (Å²) in [5.74, 6) is 2.34. The number of nitrogens with zero attached hydrogens (tertiary/aromatic N) is 1. The third-order valence-electron chi connectivity index (χ3n) is 4.85. The second-order valence-electron chi connectivity index (χ2n) is 6.74. The molecule has 2 aliphatic carbocycles. The largest absolute Gasteiger partial charge is 0.313 e. The van der Waals surface area contributed by atoms with E-state index in [2.05, 4.69) is 5.32 Å². The van der Waals surface area contributed by atoms with Gasteiger partial charge in [0.25, 0.3) is 0 Å². The van der Waals surface area contributed by atoms with E-state index in [0.717, 1.165) is 30.8 Å². The van der Waals surface area contributed by atoms with Gasteiger partial charge in [-0.15, -0.1) is 0 Å². The van der Waals surface area contributed by atoms with Crippen LogP contribution in [0, 0.1) is 17.8 Å². The van der Waals surface area contributed by atoms with E-state index in [4.69, 9.17) is 0 Å². The van der Waals surface area contributed by atoms with Gasteiger partial charge in [0.1, 0.15) is 0 Å². The van der Waals surface area contributed by atoms with Gasteiger partial charge in [0.2, 0.25) is 10.0 Å². The fourth-order valence-electron chi connectivity index (χ4n) is 3.43. The van der Waals surface area contributed by atoms with Gasteiger partial charge in [-0.3, -0.25) is 0 Å². The summed E-state index contributed by atoms with van der Waals surface area (Å²) in [6.07, 6.45) is 9.10. The first-order valence-electron chi connectivity index (χ1n) is 7.72. The quantitative estimate of drug-likeness (QED) is 0.804. The molecule has 0 radical (unpaired) electrons. The molecule has 3 rings (SSSR count). The van der Waals surface area contributed by atoms with Crippen LogP contribution >= 0.6 is 0 Å². The Kier molecular flexibility index (Phi) is 3.89. The van der Waals surface area contributed by atoms with E-state index in [0.29, 0.717) is 19.0 Å². The zero-order valence-corrected chi connectivity index (χ0v) is 12.7. The molecule has 1 aliphatic heterocycles. The Balaban J connectivity index is 1.49. The molecular weight excluding hydrogens is 260 g/mol. The maximum absolute atomic E-state index is 11.6. The number of nitrogens with one attached hydrogen (secondary N) is 1. The van der Waals surface area contributed by atoms with Crippen LogP contribution in [0.15, 0.2) is 0 Å². The molecule has 110 valence electrons. The summed E-state index contributed by atoms with van der Waals surface area (Å²) in [7, 11) is -3.00. The summed E-state index contributed by atoms with van der Waals surface area (Å²) >= 11 is 0. The van der Waals surface area contributed by atoms with E-state index in [1.807, 2.05) is 0 Å². The molecule has 2 saturated carbocycles. The van der Waals surface area contributed by atoms with Crippen molar-refractivity contribution in [2.24, 2.45) is 17.8 Å². The predicted octanol–water partition coefficient (Wildman–Crippen LogP) is 1.44. The fraction of sp³-hybridized carbons (Fsp3) is 1.00. The summed E-state index contributed by atoms with van der Waals surface area (Å²) in [6, 6.07) is 0.730. The minimum Gasteiger partial charge on any atom is -0.313 e. The Morgan fingerprint density at radius 3 is 2.32 bits per heavy atom. The van der Waals surface area contributed by atoms with Crippen molar-refractivity contribution in [2.45, 2.75) is 44.6 Å². The van der Waals surface area contributed by atoms with Crippen LogP contribution < -0.4 is 5.32 Å². The highest BCUT2D eigenvalue weighted by atomic mass is 32.2. The van der Waals surface area contributed by atoms with Crippen LogP contribution in [0.2, 0.25) is 0 Å². The van der Waals surface area contributed by atoms with Crippen LogP contribution in [0.25, 0.3) is 0 Å². The molecule has 0 spiro atoms. The highest BCUT2D eigenvalue weighted by Crippen LogP contribution is 2.44. The summed E-state index contributed by atoms with van der Waals surface area (Å²) in [5, 5.41) is 3.76. The molecule has 19 heavy (non-hydrogen) atoms. The van der Waals surface area contributed by atoms with Crippen LogP contribution in [0.1, 0.15) is 38.5 Å². The van der Waals surface area contributed by atoms with Crippen molar-refractivity contribution < 1.29 is 8.42 Å². The molecule has 3 fully saturated rings. The van der Waals surface area contributed by atoms with Crippen molar-refractivity contribution in [1.29, 1.82) is 0 Å². The molecule has 1 saturated heterocycles. The second kappa shape index (κ2) is 5.34. The third kappa shape index (κ3) is 3.70. The predicted molar refractivity (Wildman–Crippen MR) is 76.4 cm³/mol. The molecule has 1 unspecified atom stereocenters. The molecule has 0 aromatic heterocycles. The number of sulfonamides is 1. The molecule has 3 aliphatic rings. The Bertz CT molecular complexity index is 403. The maximum Gasteiger partial charge on any atom is 0.211 e. The molecule has 1 heterocycles. The van der Waals surface area contributed by atoms with Gasteiger partial charge in [0.05, 0.1) is 6.26 Å². The van der Waals surface area contributed by atoms with Crippen LogP contribution in [-0.4, -0.2) is 44.7 Å². The van der Waals surface area contributed by atoms with Crippen LogP contribution in [-0.2, 0) is 10.0 Å². The van der Waals surface area contributed by atoms with Gasteiger partial charge >= 0.3 is 0 Å². The van der Waals surface area contributed by atoms with E-state index >= 15 is 0 Å². The normalized spacial score (nSPS) is 29.9. The molecular formula is C14H26N2O2S. The zero-order valence-electron chi connectivity index (χ0n) is 11.8. The first kappa shape index (κ1) is 13.8. The minimum atomic E-state index is -3.00. The molecule has 4 nitrogen and oxygen atoms in total. The number of piperidine rings is 1. The van der Waals surface area contributed by atoms with E-state index in [-0.39, 0.29) is 0 Å². The Hall–Kier alpha value is -0.130. The van der Waals surface area contributed by atoms with Gasteiger partial charge in [0, 0.05) is 19.1 Å². The molecule has 5 heteroatoms. The van der Waals surface area contributed by atoms with Gasteiger partial charge in [0.15, 0.2) is 0 Å². The van der Waals surface area contributed by atoms with Crippen molar-refractivity contribution in [3.05, 3.63) is 0 Å². The van der Waals surface area contributed by atoms with E-state index in [1.165, 1.54) is 38.4 Å². The summed E-state index contributed by atoms with van der Waals surface area (Å²) in [5.41, 5.74) is 0. The number of hydrogen-bond donors (Lipinski definition) is 1. The SMILES string of the molecule is CS(=O)(=O)N1CCCC(CNC(C2CC2)C2CC2)C1. The molecule has 1 atom stereocenters. The van der Waals surface area contributed by atoms with Gasteiger partial charge < -0.3 is 5.32 Å². The smallest absolute Gasteiger partial charge is 0.211 e. The molecule has 0 aromatic rings. The first-order chi connectivity index (χ1) is 9.04. The third-order valence-corrected chi connectivity index (χ3v) is 6.12. The van der Waals surface area contributed by atoms with Gasteiger partial charge in [-0.05, 0) is 62.8 Å². The van der Waals surface area contributed by atoms with Crippen molar-refractivity contribution in [3.63, 3.8) is 0 Å². The molecule has 1 N–H and O–H groups in total. The van der Waals surface area contributed by atoms with Gasteiger partial charge in [-0.2, -0.15) is 0 Å². The Morgan fingerprint density at radius 2 is 1.79 bits per heavy atom. The lowest BCUT2D eigenvalue weighted by Crippen LogP contribution is -2.44. The van der Waals surface area contributed by atoms with Crippen molar-refractivity contribution in [3.8, 4) is 0 Å². The standard InChI is InChI=1S/C14H26N2O2S/c1-19(17,18)16-8-2-3-11(10-16)9-15-14(12-4-5-12)13-6-7-13/h11-15H,2-10H2,1H3. The second-order valence-corrected chi connectivity index (χ2v) is 8.72. The highest BCUT2D eigenvalue weighted by molar-refractivity contribution is 7.88. The Morgan fingerprint density at radius 1 is 1.16 bits per heavy atom. The average molecular weight is 286 g/mol. The summed E-state index contributed by atoms with van der Waals surface area (Å²) < 4.78 is 24.9. The lowest BCUT2D eigenvalue weighted by atomic mass is 9.98. The van der Waals surface area contributed by atoms with Crippen molar-refractivity contribution in [1.82, 2.24) is 9.62 Å². The molecule has 0 amide bonds. The average Bonchev–Trinajstić information content (AvgIpc) is 3.23. The summed E-state index contributed by atoms with van der Waals surface area (Å²) in [4.78, 5) is 0. The maximum atomic E-state index is 11.6. The fourth-order valence-corrected chi connectivity index (χ4v) is 4.37. The summed E-state index contributed by atoms with van der Waals surface area (Å²) in [6.45, 7) is 2.43. The molecule has 0 aromatic carbocycles. The van der Waals surface area contributed by atoms with Crippen LogP contribution in [0.5, 0.6) is 0 Å². The van der Waals surface area contributed by atoms with Crippen LogP contribution in [0.4, 0.5) is 0 Å². The minimum absolute atomic E-state index is 0.503. The van der Waals surface area contributed by atoms with Crippen molar-refractivity contribution >= 4 is 10.0 Å². The highest BCUT2D eigenvalue weighted by Gasteiger charge is 2.41. The van der Waals surface area contributed by atoms with E-state index in [9.17, 15) is 8.42 Å². The zero-order chi connectivity index (χ0) is 13.5. The Labute approximate surface area is 117 Å². The molecule has 0 bridgehead atoms. The van der Waals surface area contributed by atoms with E-state index in [1.54, 1.807) is 4.31 Å². The van der Waals surface area contributed by atoms with Gasteiger partial charge in [-0.1, -0.05) is 0 Å². The van der Waals surface area contributed by atoms with Crippen molar-refractivity contribution in [2.75, 3.05) is 25.9 Å². The lowest BCUT2D eigenvalue weighted by Gasteiger charge is -2.32. The van der Waals surface area contributed by atoms with Crippen LogP contribution in [0.3, 0.4) is 0 Å². The topological polar surface area (TPSA) is 49.4 Å². The lowest BCUT2D eigenvalue weighted by molar-refractivity contribution is 0.248. The van der Waals surface area contributed by atoms with Gasteiger partial charge in [-0.25, -0.2) is 12.7 Å². The number of hydrogen-bond acceptors (Lipinski definition) is 3. The van der Waals surface area contributed by atoms with E-state index < -0.39 is 10.0 Å². The first-order valence-corrected chi connectivity index (χ1v) is 9.57.